The highest BCUT2D eigenvalue weighted by molar-refractivity contribution is 7.14. The van der Waals surface area contributed by atoms with E-state index in [-0.39, 0.29) is 17.9 Å². The second-order valence-electron chi connectivity index (χ2n) is 7.75. The van der Waals surface area contributed by atoms with Crippen molar-refractivity contribution in [3.8, 4) is 0 Å². The molecule has 1 aliphatic heterocycles. The van der Waals surface area contributed by atoms with Crippen molar-refractivity contribution in [2.45, 2.75) is 32.4 Å². The Kier molecular flexibility index (Phi) is 6.88. The predicted octanol–water partition coefficient (Wildman–Crippen LogP) is 3.87. The van der Waals surface area contributed by atoms with Crippen LogP contribution in [0.3, 0.4) is 0 Å². The van der Waals surface area contributed by atoms with E-state index in [0.29, 0.717) is 28.1 Å². The van der Waals surface area contributed by atoms with Gasteiger partial charge in [-0.3, -0.25) is 24.1 Å². The first-order chi connectivity index (χ1) is 15.4. The van der Waals surface area contributed by atoms with Crippen LogP contribution < -0.4 is 10.2 Å². The van der Waals surface area contributed by atoms with E-state index in [2.05, 4.69) is 15.3 Å². The lowest BCUT2D eigenvalue weighted by molar-refractivity contribution is -0.115. The second-order valence-corrected chi connectivity index (χ2v) is 9.02. The van der Waals surface area contributed by atoms with Gasteiger partial charge >= 0.3 is 0 Å². The maximum absolute atomic E-state index is 12.3. The van der Waals surface area contributed by atoms with Gasteiger partial charge in [0.1, 0.15) is 5.69 Å². The smallest absolute Gasteiger partial charge is 0.271 e. The van der Waals surface area contributed by atoms with Gasteiger partial charge in [0.2, 0.25) is 5.91 Å². The average Bonchev–Trinajstić information content (AvgIpc) is 3.44. The Bertz CT molecular complexity index is 1110. The van der Waals surface area contributed by atoms with Gasteiger partial charge in [0, 0.05) is 43.7 Å². The van der Waals surface area contributed by atoms with Crippen molar-refractivity contribution in [2.75, 3.05) is 25.0 Å². The summed E-state index contributed by atoms with van der Waals surface area (Å²) in [7, 11) is 1.60. The molecule has 0 bridgehead atoms. The van der Waals surface area contributed by atoms with Gasteiger partial charge in [-0.2, -0.15) is 5.10 Å². The monoisotopic (exact) mass is 472 g/mol. The van der Waals surface area contributed by atoms with Crippen molar-refractivity contribution < 1.29 is 9.59 Å². The number of aromatic nitrogens is 3. The Balaban J connectivity index is 1.45. The number of halogens is 1. The molecule has 0 spiro atoms. The molecule has 32 heavy (non-hydrogen) atoms. The van der Waals surface area contributed by atoms with Crippen LogP contribution >= 0.6 is 22.9 Å². The van der Waals surface area contributed by atoms with Crippen LogP contribution in [0.25, 0.3) is 0 Å². The molecule has 1 fully saturated rings. The number of hydrogen-bond acceptors (Lipinski definition) is 6. The molecule has 3 heterocycles. The Hall–Kier alpha value is -2.75. The molecule has 1 N–H and O–H groups in total. The van der Waals surface area contributed by atoms with Crippen LogP contribution in [0.15, 0.2) is 41.9 Å². The molecule has 10 heteroatoms. The molecule has 0 saturated carbocycles. The van der Waals surface area contributed by atoms with Crippen molar-refractivity contribution in [3.05, 3.63) is 58.3 Å². The van der Waals surface area contributed by atoms with Crippen LogP contribution in [0.1, 0.15) is 42.0 Å². The Morgan fingerprint density at radius 1 is 1.34 bits per heavy atom. The van der Waals surface area contributed by atoms with Gasteiger partial charge in [0.25, 0.3) is 5.91 Å². The zero-order chi connectivity index (χ0) is 22.7. The van der Waals surface area contributed by atoms with E-state index in [1.165, 1.54) is 18.3 Å². The number of thiazole rings is 1. The fourth-order valence-corrected chi connectivity index (χ4v) is 4.99. The van der Waals surface area contributed by atoms with E-state index < -0.39 is 0 Å². The standard InChI is InChI=1S/C22H25ClN6O2S/c1-15(30)29(18-6-3-5-16(23)11-18)22-25-17(14-32-22)12-27-9-4-7-19(13-27)28-10-8-20(26-28)21(31)24-2/h3,5-6,8,10-11,14,19H,4,7,9,12-13H2,1-2H3,(H,24,31). The Morgan fingerprint density at radius 3 is 2.94 bits per heavy atom. The lowest BCUT2D eigenvalue weighted by Gasteiger charge is -2.32. The minimum atomic E-state index is -0.179. The summed E-state index contributed by atoms with van der Waals surface area (Å²) < 4.78 is 1.89. The minimum absolute atomic E-state index is 0.114. The molecule has 1 aromatic carbocycles. The quantitative estimate of drug-likeness (QED) is 0.588. The van der Waals surface area contributed by atoms with Gasteiger partial charge in [0.05, 0.1) is 17.4 Å². The number of rotatable bonds is 6. The number of carbonyl (C=O) groups excluding carboxylic acids is 2. The molecule has 3 aromatic rings. The van der Waals surface area contributed by atoms with Gasteiger partial charge < -0.3 is 5.32 Å². The lowest BCUT2D eigenvalue weighted by Crippen LogP contribution is -2.36. The number of carbonyl (C=O) groups is 2. The molecule has 1 atom stereocenters. The van der Waals surface area contributed by atoms with Crippen molar-refractivity contribution in [1.29, 1.82) is 0 Å². The number of amides is 2. The number of piperidine rings is 1. The topological polar surface area (TPSA) is 83.4 Å². The fourth-order valence-electron chi connectivity index (χ4n) is 3.92. The molecule has 2 amide bonds. The van der Waals surface area contributed by atoms with E-state index >= 15 is 0 Å². The molecule has 2 aromatic heterocycles. The number of nitrogens with one attached hydrogen (secondary N) is 1. The van der Waals surface area contributed by atoms with Crippen LogP contribution in [0.4, 0.5) is 10.8 Å². The SMILES string of the molecule is CNC(=O)c1ccn(C2CCCN(Cc3csc(N(C(C)=O)c4cccc(Cl)c4)n3)C2)n1. The number of anilines is 2. The molecular formula is C22H25ClN6O2S. The summed E-state index contributed by atoms with van der Waals surface area (Å²) in [6.45, 7) is 4.01. The maximum atomic E-state index is 12.3. The summed E-state index contributed by atoms with van der Waals surface area (Å²) in [6.07, 6.45) is 3.93. The Labute approximate surface area is 195 Å². The molecule has 4 rings (SSSR count). The van der Waals surface area contributed by atoms with Crippen molar-refractivity contribution in [3.63, 3.8) is 0 Å². The summed E-state index contributed by atoms with van der Waals surface area (Å²) >= 11 is 7.56. The number of nitrogens with zero attached hydrogens (tertiary/aromatic N) is 5. The highest BCUT2D eigenvalue weighted by atomic mass is 35.5. The number of benzene rings is 1. The third kappa shape index (κ3) is 5.01. The maximum Gasteiger partial charge on any atom is 0.271 e. The third-order valence-electron chi connectivity index (χ3n) is 5.42. The molecule has 0 aliphatic carbocycles. The van der Waals surface area contributed by atoms with Crippen molar-refractivity contribution >= 4 is 45.6 Å². The van der Waals surface area contributed by atoms with E-state index in [0.717, 1.165) is 31.6 Å². The fraction of sp³-hybridized carbons (Fsp3) is 0.364. The van der Waals surface area contributed by atoms with Gasteiger partial charge in [-0.1, -0.05) is 17.7 Å². The van der Waals surface area contributed by atoms with Gasteiger partial charge in [-0.05, 0) is 43.7 Å². The predicted molar refractivity (Wildman–Crippen MR) is 126 cm³/mol. The van der Waals surface area contributed by atoms with Crippen LogP contribution in [0.2, 0.25) is 5.02 Å². The van der Waals surface area contributed by atoms with Crippen LogP contribution in [-0.2, 0) is 11.3 Å². The number of hydrogen-bond donors (Lipinski definition) is 1. The summed E-state index contributed by atoms with van der Waals surface area (Å²) in [4.78, 5) is 32.8. The summed E-state index contributed by atoms with van der Waals surface area (Å²) in [5, 5.41) is 10.2. The molecular weight excluding hydrogens is 448 g/mol. The zero-order valence-corrected chi connectivity index (χ0v) is 19.6. The minimum Gasteiger partial charge on any atom is -0.354 e. The highest BCUT2D eigenvalue weighted by Gasteiger charge is 2.24. The molecule has 168 valence electrons. The second kappa shape index (κ2) is 9.81. The van der Waals surface area contributed by atoms with E-state index in [1.807, 2.05) is 28.4 Å². The van der Waals surface area contributed by atoms with Crippen molar-refractivity contribution in [1.82, 2.24) is 25.0 Å². The van der Waals surface area contributed by atoms with E-state index in [1.54, 1.807) is 30.1 Å². The van der Waals surface area contributed by atoms with Gasteiger partial charge in [-0.25, -0.2) is 4.98 Å². The van der Waals surface area contributed by atoms with Crippen LogP contribution in [0, 0.1) is 0 Å². The first-order valence-electron chi connectivity index (χ1n) is 10.4. The first-order valence-corrected chi connectivity index (χ1v) is 11.7. The molecule has 0 radical (unpaired) electrons. The summed E-state index contributed by atoms with van der Waals surface area (Å²) in [5.74, 6) is -0.294. The summed E-state index contributed by atoms with van der Waals surface area (Å²) in [5.41, 5.74) is 2.05. The van der Waals surface area contributed by atoms with E-state index in [4.69, 9.17) is 16.6 Å². The average molecular weight is 473 g/mol. The van der Waals surface area contributed by atoms with E-state index in [9.17, 15) is 9.59 Å². The zero-order valence-electron chi connectivity index (χ0n) is 18.0. The summed E-state index contributed by atoms with van der Waals surface area (Å²) in [6, 6.07) is 9.16. The third-order valence-corrected chi connectivity index (χ3v) is 6.53. The highest BCUT2D eigenvalue weighted by Crippen LogP contribution is 2.31. The molecule has 8 nitrogen and oxygen atoms in total. The van der Waals surface area contributed by atoms with Crippen LogP contribution in [0.5, 0.6) is 0 Å². The number of likely N-dealkylation sites (tertiary alicyclic amines) is 1. The van der Waals surface area contributed by atoms with Gasteiger partial charge in [-0.15, -0.1) is 11.3 Å². The lowest BCUT2D eigenvalue weighted by atomic mass is 10.1. The largest absolute Gasteiger partial charge is 0.354 e. The molecule has 1 aliphatic rings. The molecule has 1 unspecified atom stereocenters. The normalized spacial score (nSPS) is 16.7. The Morgan fingerprint density at radius 2 is 2.19 bits per heavy atom. The van der Waals surface area contributed by atoms with Crippen molar-refractivity contribution in [2.24, 2.45) is 0 Å². The van der Waals surface area contributed by atoms with Gasteiger partial charge in [0.15, 0.2) is 5.13 Å². The molecule has 1 saturated heterocycles. The van der Waals surface area contributed by atoms with Crippen LogP contribution in [-0.4, -0.2) is 51.6 Å². The first kappa shape index (κ1) is 22.4.